The molecule has 0 bridgehead atoms. The molecular weight excluding hydrogens is 444 g/mol. The summed E-state index contributed by atoms with van der Waals surface area (Å²) in [5.74, 6) is -1.51. The largest absolute Gasteiger partial charge is 0.457 e. The van der Waals surface area contributed by atoms with Crippen molar-refractivity contribution in [2.24, 2.45) is 24.3 Å². The number of aliphatic hydroxyl groups excluding tert-OH is 2. The number of fused-ring (bicyclic) bond motifs is 1. The van der Waals surface area contributed by atoms with E-state index in [1.807, 2.05) is 36.7 Å². The van der Waals surface area contributed by atoms with Gasteiger partial charge in [0.1, 0.15) is 11.9 Å². The minimum atomic E-state index is -1.22. The molecular formula is C28H40N2O5. The third-order valence-corrected chi connectivity index (χ3v) is 7.64. The highest BCUT2D eigenvalue weighted by Gasteiger charge is 2.42. The van der Waals surface area contributed by atoms with E-state index in [1.165, 1.54) is 5.57 Å². The van der Waals surface area contributed by atoms with Crippen molar-refractivity contribution < 1.29 is 24.5 Å². The molecule has 5 atom stereocenters. The summed E-state index contributed by atoms with van der Waals surface area (Å²) >= 11 is 0. The Morgan fingerprint density at radius 2 is 1.89 bits per heavy atom. The van der Waals surface area contributed by atoms with Crippen molar-refractivity contribution in [1.82, 2.24) is 9.55 Å². The van der Waals surface area contributed by atoms with Gasteiger partial charge in [-0.1, -0.05) is 45.4 Å². The van der Waals surface area contributed by atoms with Crippen molar-refractivity contribution in [3.05, 3.63) is 41.7 Å². The van der Waals surface area contributed by atoms with Gasteiger partial charge in [0, 0.05) is 19.4 Å². The average Bonchev–Trinajstić information content (AvgIpc) is 3.19. The maximum absolute atomic E-state index is 13.2. The maximum atomic E-state index is 13.2. The van der Waals surface area contributed by atoms with Crippen LogP contribution in [0.5, 0.6) is 0 Å². The number of hydrogen-bond donors (Lipinski definition) is 2. The number of imidazole rings is 1. The lowest BCUT2D eigenvalue weighted by atomic mass is 9.73. The second-order valence-electron chi connectivity index (χ2n) is 10.8. The Morgan fingerprint density at radius 1 is 1.17 bits per heavy atom. The van der Waals surface area contributed by atoms with Gasteiger partial charge in [-0.3, -0.25) is 9.59 Å². The van der Waals surface area contributed by atoms with E-state index in [4.69, 9.17) is 4.74 Å². The Balaban J connectivity index is 1.92. The fourth-order valence-corrected chi connectivity index (χ4v) is 4.90. The van der Waals surface area contributed by atoms with Crippen LogP contribution in [0.25, 0.3) is 11.0 Å². The van der Waals surface area contributed by atoms with Gasteiger partial charge in [-0.05, 0) is 49.8 Å². The predicted octanol–water partition coefficient (Wildman–Crippen LogP) is 4.66. The first-order valence-electron chi connectivity index (χ1n) is 12.6. The van der Waals surface area contributed by atoms with Crippen molar-refractivity contribution in [3.63, 3.8) is 0 Å². The number of aliphatic hydroxyl groups is 2. The van der Waals surface area contributed by atoms with Gasteiger partial charge in [-0.15, -0.1) is 0 Å². The first-order valence-corrected chi connectivity index (χ1v) is 12.6. The van der Waals surface area contributed by atoms with E-state index in [2.05, 4.69) is 18.0 Å². The minimum Gasteiger partial charge on any atom is -0.457 e. The fourth-order valence-electron chi connectivity index (χ4n) is 4.90. The zero-order valence-electron chi connectivity index (χ0n) is 21.8. The predicted molar refractivity (Wildman–Crippen MR) is 136 cm³/mol. The lowest BCUT2D eigenvalue weighted by molar-refractivity contribution is -0.155. The molecule has 2 N–H and O–H groups in total. The van der Waals surface area contributed by atoms with Crippen molar-refractivity contribution in [2.75, 3.05) is 0 Å². The Morgan fingerprint density at radius 3 is 2.60 bits per heavy atom. The van der Waals surface area contributed by atoms with Gasteiger partial charge in [0.05, 0.1) is 41.4 Å². The van der Waals surface area contributed by atoms with Crippen LogP contribution >= 0.6 is 0 Å². The van der Waals surface area contributed by atoms with Crippen molar-refractivity contribution >= 4 is 22.8 Å². The lowest BCUT2D eigenvalue weighted by Crippen LogP contribution is -2.45. The number of carbonyl (C=O) groups is 2. The van der Waals surface area contributed by atoms with Crippen LogP contribution in [0.15, 0.2) is 36.2 Å². The summed E-state index contributed by atoms with van der Waals surface area (Å²) in [6.07, 6.45) is 4.06. The lowest BCUT2D eigenvalue weighted by Gasteiger charge is -2.34. The summed E-state index contributed by atoms with van der Waals surface area (Å²) < 4.78 is 7.80. The van der Waals surface area contributed by atoms with Crippen LogP contribution in [0, 0.1) is 17.3 Å². The van der Waals surface area contributed by atoms with Gasteiger partial charge in [0.25, 0.3) is 0 Å². The standard InChI is InChI=1S/C28H40N2O5/c1-17-8-7-9-18(2)26(33)19(3)27(34)28(4,5)24(31)15-25(32)35-23(13-10-17)20-11-12-21-22(14-20)30(6)16-29-21/h10-12,14,16,18-19,23-24,26,31,33H,7-9,13,15H2,1-6H3/b17-10-/t18?,19?,23-,24?,26-/m0/s1. The van der Waals surface area contributed by atoms with Gasteiger partial charge in [0.2, 0.25) is 0 Å². The number of cyclic esters (lactones) is 1. The average molecular weight is 485 g/mol. The molecule has 0 saturated carbocycles. The Hall–Kier alpha value is -2.51. The second kappa shape index (κ2) is 11.0. The highest BCUT2D eigenvalue weighted by atomic mass is 16.5. The van der Waals surface area contributed by atoms with Gasteiger partial charge in [-0.2, -0.15) is 0 Å². The van der Waals surface area contributed by atoms with E-state index in [0.717, 1.165) is 35.9 Å². The summed E-state index contributed by atoms with van der Waals surface area (Å²) in [4.78, 5) is 30.5. The fraction of sp³-hybridized carbons (Fsp3) is 0.607. The van der Waals surface area contributed by atoms with E-state index >= 15 is 0 Å². The normalized spacial score (nSPS) is 31.1. The quantitative estimate of drug-likeness (QED) is 0.451. The number of aromatic nitrogens is 2. The van der Waals surface area contributed by atoms with Crippen LogP contribution in [0.2, 0.25) is 0 Å². The summed E-state index contributed by atoms with van der Waals surface area (Å²) in [6.45, 7) is 8.98. The van der Waals surface area contributed by atoms with Crippen molar-refractivity contribution in [2.45, 2.75) is 85.0 Å². The zero-order chi connectivity index (χ0) is 25.9. The SMILES string of the molecule is C/C1=C/C[C@@H](c2ccc3ncn(C)c3c2)OC(=O)CC(O)C(C)(C)C(=O)C(C)[C@@H](O)C(C)CCC1. The number of aryl methyl sites for hydroxylation is 1. The van der Waals surface area contributed by atoms with Gasteiger partial charge in [-0.25, -0.2) is 4.98 Å². The number of esters is 1. The highest BCUT2D eigenvalue weighted by molar-refractivity contribution is 5.88. The van der Waals surface area contributed by atoms with Crippen LogP contribution in [0.4, 0.5) is 0 Å². The number of carbonyl (C=O) groups excluding carboxylic acids is 2. The Labute approximate surface area is 208 Å². The second-order valence-corrected chi connectivity index (χ2v) is 10.8. The minimum absolute atomic E-state index is 0.0501. The molecule has 1 aliphatic rings. The molecule has 2 aromatic rings. The van der Waals surface area contributed by atoms with Crippen LogP contribution in [0.3, 0.4) is 0 Å². The summed E-state index contributed by atoms with van der Waals surface area (Å²) in [5.41, 5.74) is 2.65. The highest BCUT2D eigenvalue weighted by Crippen LogP contribution is 2.33. The summed E-state index contributed by atoms with van der Waals surface area (Å²) in [5, 5.41) is 21.7. The number of nitrogens with zero attached hydrogens (tertiary/aromatic N) is 2. The maximum Gasteiger partial charge on any atom is 0.309 e. The van der Waals surface area contributed by atoms with Crippen LogP contribution in [0.1, 0.15) is 78.4 Å². The molecule has 0 aliphatic carbocycles. The molecule has 0 saturated heterocycles. The van der Waals surface area contributed by atoms with E-state index in [1.54, 1.807) is 27.1 Å². The molecule has 3 rings (SSSR count). The van der Waals surface area contributed by atoms with Gasteiger partial charge in [0.15, 0.2) is 0 Å². The molecule has 1 aromatic carbocycles. The first-order chi connectivity index (χ1) is 16.4. The molecule has 192 valence electrons. The number of allylic oxidation sites excluding steroid dienone is 1. The number of hydrogen-bond acceptors (Lipinski definition) is 6. The third-order valence-electron chi connectivity index (χ3n) is 7.64. The molecule has 35 heavy (non-hydrogen) atoms. The van der Waals surface area contributed by atoms with Crippen molar-refractivity contribution in [1.29, 1.82) is 0 Å². The monoisotopic (exact) mass is 484 g/mol. The van der Waals surface area contributed by atoms with Crippen LogP contribution < -0.4 is 0 Å². The first kappa shape index (κ1) is 27.1. The molecule has 2 heterocycles. The molecule has 0 amide bonds. The smallest absolute Gasteiger partial charge is 0.309 e. The van der Waals surface area contributed by atoms with Gasteiger partial charge < -0.3 is 19.5 Å². The molecule has 0 radical (unpaired) electrons. The number of rotatable bonds is 1. The van der Waals surface area contributed by atoms with E-state index < -0.39 is 35.6 Å². The van der Waals surface area contributed by atoms with Gasteiger partial charge >= 0.3 is 5.97 Å². The zero-order valence-corrected chi connectivity index (χ0v) is 21.8. The number of ketones is 1. The molecule has 7 nitrogen and oxygen atoms in total. The third kappa shape index (κ3) is 6.19. The number of benzene rings is 1. The molecule has 1 aromatic heterocycles. The molecule has 0 fully saturated rings. The number of ether oxygens (including phenoxy) is 1. The molecule has 7 heteroatoms. The topological polar surface area (TPSA) is 102 Å². The molecule has 3 unspecified atom stereocenters. The number of Topliss-reactive ketones (excluding diaryl/α,β-unsaturated/α-hetero) is 1. The molecule has 0 spiro atoms. The van der Waals surface area contributed by atoms with Crippen LogP contribution in [-0.2, 0) is 21.4 Å². The summed E-state index contributed by atoms with van der Waals surface area (Å²) in [7, 11) is 1.92. The van der Waals surface area contributed by atoms with Crippen molar-refractivity contribution in [3.8, 4) is 0 Å². The summed E-state index contributed by atoms with van der Waals surface area (Å²) in [6, 6.07) is 5.82. The van der Waals surface area contributed by atoms with E-state index in [-0.39, 0.29) is 18.1 Å². The molecule has 1 aliphatic heterocycles. The van der Waals surface area contributed by atoms with E-state index in [0.29, 0.717) is 6.42 Å². The Kier molecular flexibility index (Phi) is 8.54. The van der Waals surface area contributed by atoms with E-state index in [9.17, 15) is 19.8 Å². The van der Waals surface area contributed by atoms with Crippen LogP contribution in [-0.4, -0.2) is 43.7 Å². The Bertz CT molecular complexity index is 1090.